The van der Waals surface area contributed by atoms with E-state index < -0.39 is 0 Å². The lowest BCUT2D eigenvalue weighted by atomic mass is 10.2. The first-order chi connectivity index (χ1) is 6.10. The van der Waals surface area contributed by atoms with Gasteiger partial charge in [-0.2, -0.15) is 11.8 Å². The molecule has 0 bridgehead atoms. The second-order valence-corrected chi connectivity index (χ2v) is 4.94. The molecule has 78 valence electrons. The summed E-state index contributed by atoms with van der Waals surface area (Å²) in [6.07, 6.45) is 3.10. The van der Waals surface area contributed by atoms with Crippen molar-refractivity contribution in [2.45, 2.75) is 45.3 Å². The van der Waals surface area contributed by atoms with Crippen molar-refractivity contribution < 1.29 is 0 Å². The average molecular weight is 202 g/mol. The molecular weight excluding hydrogens is 180 g/mol. The molecule has 0 aromatic carbocycles. The highest BCUT2D eigenvalue weighted by Gasteiger charge is 2.09. The molecule has 0 aromatic heterocycles. The fraction of sp³-hybridized carbons (Fsp3) is 0.900. The third kappa shape index (κ3) is 6.94. The van der Waals surface area contributed by atoms with Crippen molar-refractivity contribution >= 4 is 17.6 Å². The van der Waals surface area contributed by atoms with Gasteiger partial charge in [-0.1, -0.05) is 27.2 Å². The van der Waals surface area contributed by atoms with Crippen molar-refractivity contribution in [2.24, 2.45) is 11.7 Å². The predicted molar refractivity (Wildman–Crippen MR) is 62.5 cm³/mol. The lowest BCUT2D eigenvalue weighted by molar-refractivity contribution is 0.634. The third-order valence-corrected chi connectivity index (χ3v) is 3.95. The summed E-state index contributed by atoms with van der Waals surface area (Å²) in [5.74, 6) is 2.30. The van der Waals surface area contributed by atoms with Crippen LogP contribution in [0.15, 0.2) is 0 Å². The molecule has 3 N–H and O–H groups in total. The van der Waals surface area contributed by atoms with E-state index in [9.17, 15) is 0 Å². The molecule has 13 heavy (non-hydrogen) atoms. The van der Waals surface area contributed by atoms with Crippen LogP contribution in [0.25, 0.3) is 0 Å². The summed E-state index contributed by atoms with van der Waals surface area (Å²) in [7, 11) is 0. The van der Waals surface area contributed by atoms with E-state index in [1.54, 1.807) is 0 Å². The topological polar surface area (TPSA) is 49.9 Å². The zero-order valence-corrected chi connectivity index (χ0v) is 9.79. The van der Waals surface area contributed by atoms with E-state index in [1.807, 2.05) is 11.8 Å². The minimum absolute atomic E-state index is 0.323. The molecule has 0 aromatic rings. The van der Waals surface area contributed by atoms with E-state index in [0.717, 1.165) is 18.8 Å². The molecule has 2 unspecified atom stereocenters. The molecule has 0 aliphatic heterocycles. The Morgan fingerprint density at radius 2 is 2.00 bits per heavy atom. The van der Waals surface area contributed by atoms with E-state index in [2.05, 4.69) is 20.8 Å². The van der Waals surface area contributed by atoms with E-state index in [1.165, 1.54) is 12.2 Å². The van der Waals surface area contributed by atoms with Crippen molar-refractivity contribution in [3.63, 3.8) is 0 Å². The molecule has 0 fully saturated rings. The first-order valence-electron chi connectivity index (χ1n) is 5.04. The van der Waals surface area contributed by atoms with Crippen LogP contribution in [0.5, 0.6) is 0 Å². The van der Waals surface area contributed by atoms with E-state index in [4.69, 9.17) is 11.1 Å². The first kappa shape index (κ1) is 12.8. The van der Waals surface area contributed by atoms with Gasteiger partial charge in [-0.05, 0) is 18.1 Å². The van der Waals surface area contributed by atoms with Crippen LogP contribution in [0.3, 0.4) is 0 Å². The minimum Gasteiger partial charge on any atom is -0.388 e. The molecule has 2 atom stereocenters. The lowest BCUT2D eigenvalue weighted by Gasteiger charge is -2.15. The molecule has 0 saturated heterocycles. The second-order valence-electron chi connectivity index (χ2n) is 3.61. The number of nitrogens with two attached hydrogens (primary N) is 1. The highest BCUT2D eigenvalue weighted by Crippen LogP contribution is 2.21. The largest absolute Gasteiger partial charge is 0.388 e. The number of amidine groups is 1. The molecular formula is C10H22N2S. The van der Waals surface area contributed by atoms with Crippen molar-refractivity contribution in [3.05, 3.63) is 0 Å². The van der Waals surface area contributed by atoms with E-state index >= 15 is 0 Å². The SMILES string of the molecule is CCC(C)CSC(CC)CC(=N)N. The van der Waals surface area contributed by atoms with Gasteiger partial charge in [0.1, 0.15) is 0 Å². The van der Waals surface area contributed by atoms with Crippen molar-refractivity contribution in [1.29, 1.82) is 5.41 Å². The molecule has 0 rings (SSSR count). The zero-order chi connectivity index (χ0) is 10.3. The highest BCUT2D eigenvalue weighted by molar-refractivity contribution is 7.99. The summed E-state index contributed by atoms with van der Waals surface area (Å²) < 4.78 is 0. The van der Waals surface area contributed by atoms with Crippen molar-refractivity contribution in [3.8, 4) is 0 Å². The van der Waals surface area contributed by atoms with Gasteiger partial charge in [0.2, 0.25) is 0 Å². The minimum atomic E-state index is 0.323. The van der Waals surface area contributed by atoms with Gasteiger partial charge in [-0.25, -0.2) is 0 Å². The van der Waals surface area contributed by atoms with Gasteiger partial charge >= 0.3 is 0 Å². The Hall–Kier alpha value is -0.180. The monoisotopic (exact) mass is 202 g/mol. The molecule has 0 aliphatic carbocycles. The highest BCUT2D eigenvalue weighted by atomic mass is 32.2. The zero-order valence-electron chi connectivity index (χ0n) is 8.97. The van der Waals surface area contributed by atoms with Gasteiger partial charge in [-0.15, -0.1) is 0 Å². The summed E-state index contributed by atoms with van der Waals surface area (Å²) >= 11 is 1.96. The Labute approximate surface area is 86.2 Å². The lowest BCUT2D eigenvalue weighted by Crippen LogP contribution is -2.17. The van der Waals surface area contributed by atoms with Gasteiger partial charge in [0.25, 0.3) is 0 Å². The Morgan fingerprint density at radius 3 is 2.38 bits per heavy atom. The number of nitrogens with one attached hydrogen (secondary N) is 1. The Bertz CT molecular complexity index is 148. The number of hydrogen-bond acceptors (Lipinski definition) is 2. The van der Waals surface area contributed by atoms with Gasteiger partial charge < -0.3 is 5.73 Å². The molecule has 3 heteroatoms. The van der Waals surface area contributed by atoms with Crippen molar-refractivity contribution in [2.75, 3.05) is 5.75 Å². The predicted octanol–water partition coefficient (Wildman–Crippen LogP) is 2.87. The molecule has 2 nitrogen and oxygen atoms in total. The van der Waals surface area contributed by atoms with Crippen LogP contribution in [0, 0.1) is 11.3 Å². The van der Waals surface area contributed by atoms with Crippen LogP contribution in [0.2, 0.25) is 0 Å². The normalized spacial score (nSPS) is 15.3. The van der Waals surface area contributed by atoms with E-state index in [0.29, 0.717) is 11.1 Å². The van der Waals surface area contributed by atoms with Crippen molar-refractivity contribution in [1.82, 2.24) is 0 Å². The maximum absolute atomic E-state index is 7.22. The molecule has 0 amide bonds. The Balaban J connectivity index is 3.65. The Morgan fingerprint density at radius 1 is 1.38 bits per heavy atom. The summed E-state index contributed by atoms with van der Waals surface area (Å²) in [6.45, 7) is 6.65. The summed E-state index contributed by atoms with van der Waals surface area (Å²) in [5.41, 5.74) is 5.38. The molecule has 0 aliphatic rings. The summed E-state index contributed by atoms with van der Waals surface area (Å²) in [4.78, 5) is 0. The maximum Gasteiger partial charge on any atom is 0.0916 e. The van der Waals surface area contributed by atoms with Gasteiger partial charge in [0.05, 0.1) is 5.84 Å². The molecule has 0 radical (unpaired) electrons. The van der Waals surface area contributed by atoms with Gasteiger partial charge in [-0.3, -0.25) is 5.41 Å². The van der Waals surface area contributed by atoms with Gasteiger partial charge in [0.15, 0.2) is 0 Å². The third-order valence-electron chi connectivity index (χ3n) is 2.22. The molecule has 0 heterocycles. The van der Waals surface area contributed by atoms with Crippen LogP contribution in [-0.2, 0) is 0 Å². The number of rotatable bonds is 7. The maximum atomic E-state index is 7.22. The molecule has 0 spiro atoms. The van der Waals surface area contributed by atoms with E-state index in [-0.39, 0.29) is 0 Å². The standard InChI is InChI=1S/C10H22N2S/c1-4-8(3)7-13-9(5-2)6-10(11)12/h8-9H,4-7H2,1-3H3,(H3,11,12). The Kier molecular flexibility index (Phi) is 7.14. The van der Waals surface area contributed by atoms with Crippen LogP contribution in [0.1, 0.15) is 40.0 Å². The van der Waals surface area contributed by atoms with Crippen LogP contribution >= 0.6 is 11.8 Å². The fourth-order valence-electron chi connectivity index (χ4n) is 0.985. The number of hydrogen-bond donors (Lipinski definition) is 2. The summed E-state index contributed by atoms with van der Waals surface area (Å²) in [6, 6.07) is 0. The second kappa shape index (κ2) is 7.25. The number of thioether (sulfide) groups is 1. The van der Waals surface area contributed by atoms with Crippen LogP contribution in [0.4, 0.5) is 0 Å². The quantitative estimate of drug-likeness (QED) is 0.492. The van der Waals surface area contributed by atoms with Crippen LogP contribution in [-0.4, -0.2) is 16.8 Å². The molecule has 0 saturated carbocycles. The first-order valence-corrected chi connectivity index (χ1v) is 6.09. The smallest absolute Gasteiger partial charge is 0.0916 e. The summed E-state index contributed by atoms with van der Waals surface area (Å²) in [5, 5.41) is 7.77. The van der Waals surface area contributed by atoms with Crippen LogP contribution < -0.4 is 5.73 Å². The van der Waals surface area contributed by atoms with Gasteiger partial charge in [0, 0.05) is 11.7 Å². The fourth-order valence-corrected chi connectivity index (χ4v) is 2.35. The average Bonchev–Trinajstić information content (AvgIpc) is 2.10.